The van der Waals surface area contributed by atoms with Gasteiger partial charge in [-0.25, -0.2) is 4.39 Å². The first-order chi connectivity index (χ1) is 9.20. The maximum absolute atomic E-state index is 12.8. The van der Waals surface area contributed by atoms with E-state index in [1.165, 1.54) is 12.1 Å². The number of aliphatic hydroxyl groups is 1. The maximum Gasteiger partial charge on any atom is 0.220 e. The van der Waals surface area contributed by atoms with E-state index in [2.05, 4.69) is 5.32 Å². The van der Waals surface area contributed by atoms with Gasteiger partial charge in [-0.1, -0.05) is 39.8 Å². The van der Waals surface area contributed by atoms with Gasteiger partial charge in [0, 0.05) is 13.0 Å². The Morgan fingerprint density at radius 3 is 2.35 bits per heavy atom. The van der Waals surface area contributed by atoms with E-state index in [1.807, 2.05) is 27.7 Å². The molecular weight excluding hydrogens is 257 g/mol. The van der Waals surface area contributed by atoms with Crippen molar-refractivity contribution < 1.29 is 14.3 Å². The maximum atomic E-state index is 12.8. The summed E-state index contributed by atoms with van der Waals surface area (Å²) in [5.41, 5.74) is 0.675. The Kier molecular flexibility index (Phi) is 5.69. The molecule has 0 bridgehead atoms. The molecule has 1 rings (SSSR count). The van der Waals surface area contributed by atoms with Crippen molar-refractivity contribution in [3.05, 3.63) is 35.6 Å². The van der Waals surface area contributed by atoms with E-state index in [0.717, 1.165) is 5.56 Å². The standard InChI is InChI=1S/C16H24FNO2/c1-11(12-5-7-13(17)8-6-12)9-15(20)18-10-14(19)16(2,3)4/h5-8,11,14,19H,9-10H2,1-4H3,(H,18,20). The number of carbonyl (C=O) groups is 1. The summed E-state index contributed by atoms with van der Waals surface area (Å²) in [6.45, 7) is 7.94. The number of aliphatic hydroxyl groups excluding tert-OH is 1. The Labute approximate surface area is 120 Å². The molecule has 0 aliphatic rings. The third kappa shape index (κ3) is 5.29. The van der Waals surface area contributed by atoms with Gasteiger partial charge in [-0.2, -0.15) is 0 Å². The van der Waals surface area contributed by atoms with E-state index < -0.39 is 6.10 Å². The first-order valence-electron chi connectivity index (χ1n) is 6.90. The first kappa shape index (κ1) is 16.6. The van der Waals surface area contributed by atoms with Crippen LogP contribution in [0.1, 0.15) is 45.6 Å². The average Bonchev–Trinajstić information content (AvgIpc) is 2.35. The Balaban J connectivity index is 2.44. The van der Waals surface area contributed by atoms with Crippen molar-refractivity contribution in [2.45, 2.75) is 46.1 Å². The van der Waals surface area contributed by atoms with Gasteiger partial charge in [0.2, 0.25) is 5.91 Å². The largest absolute Gasteiger partial charge is 0.391 e. The summed E-state index contributed by atoms with van der Waals surface area (Å²) < 4.78 is 12.8. The SMILES string of the molecule is CC(CC(=O)NCC(O)C(C)(C)C)c1ccc(F)cc1. The first-order valence-corrected chi connectivity index (χ1v) is 6.90. The zero-order valence-corrected chi connectivity index (χ0v) is 12.6. The number of benzene rings is 1. The van der Waals surface area contributed by atoms with Crippen LogP contribution in [0.4, 0.5) is 4.39 Å². The minimum absolute atomic E-state index is 0.0161. The summed E-state index contributed by atoms with van der Waals surface area (Å²) in [6.07, 6.45) is -0.254. The topological polar surface area (TPSA) is 49.3 Å². The third-order valence-corrected chi connectivity index (χ3v) is 3.42. The lowest BCUT2D eigenvalue weighted by Gasteiger charge is -2.26. The second kappa shape index (κ2) is 6.84. The highest BCUT2D eigenvalue weighted by atomic mass is 19.1. The predicted octanol–water partition coefficient (Wildman–Crippen LogP) is 2.84. The van der Waals surface area contributed by atoms with E-state index in [-0.39, 0.29) is 29.6 Å². The quantitative estimate of drug-likeness (QED) is 0.872. The van der Waals surface area contributed by atoms with Crippen LogP contribution in [0, 0.1) is 11.2 Å². The monoisotopic (exact) mass is 281 g/mol. The van der Waals surface area contributed by atoms with Crippen LogP contribution in [-0.4, -0.2) is 23.7 Å². The molecule has 0 aromatic heterocycles. The molecule has 1 amide bonds. The molecule has 0 heterocycles. The molecule has 0 aliphatic heterocycles. The van der Waals surface area contributed by atoms with E-state index in [1.54, 1.807) is 12.1 Å². The summed E-state index contributed by atoms with van der Waals surface area (Å²) in [5.74, 6) is -0.369. The number of rotatable bonds is 5. The highest BCUT2D eigenvalue weighted by molar-refractivity contribution is 5.76. The summed E-state index contributed by atoms with van der Waals surface area (Å²) in [7, 11) is 0. The number of hydrogen-bond donors (Lipinski definition) is 2. The fourth-order valence-electron chi connectivity index (χ4n) is 1.78. The number of amides is 1. The molecule has 0 radical (unpaired) electrons. The molecule has 0 fully saturated rings. The van der Waals surface area contributed by atoms with Crippen molar-refractivity contribution >= 4 is 5.91 Å². The summed E-state index contributed by atoms with van der Waals surface area (Å²) in [5, 5.41) is 12.6. The van der Waals surface area contributed by atoms with Gasteiger partial charge in [0.05, 0.1) is 6.10 Å². The molecule has 1 aromatic carbocycles. The van der Waals surface area contributed by atoms with Crippen molar-refractivity contribution in [3.8, 4) is 0 Å². The molecule has 0 saturated heterocycles. The molecule has 0 aliphatic carbocycles. The van der Waals surface area contributed by atoms with Crippen LogP contribution in [0.3, 0.4) is 0 Å². The third-order valence-electron chi connectivity index (χ3n) is 3.42. The normalized spacial score (nSPS) is 14.7. The van der Waals surface area contributed by atoms with Crippen molar-refractivity contribution in [2.75, 3.05) is 6.54 Å². The fourth-order valence-corrected chi connectivity index (χ4v) is 1.78. The van der Waals surface area contributed by atoms with Crippen LogP contribution in [0.25, 0.3) is 0 Å². The van der Waals surface area contributed by atoms with Gasteiger partial charge in [0.1, 0.15) is 5.82 Å². The number of nitrogens with one attached hydrogen (secondary N) is 1. The molecule has 2 atom stereocenters. The molecule has 0 saturated carbocycles. The number of halogens is 1. The van der Waals surface area contributed by atoms with Gasteiger partial charge in [-0.15, -0.1) is 0 Å². The van der Waals surface area contributed by atoms with E-state index >= 15 is 0 Å². The van der Waals surface area contributed by atoms with Gasteiger partial charge < -0.3 is 10.4 Å². The number of carbonyl (C=O) groups excluding carboxylic acids is 1. The van der Waals surface area contributed by atoms with Gasteiger partial charge in [-0.05, 0) is 29.0 Å². The van der Waals surface area contributed by atoms with Crippen LogP contribution < -0.4 is 5.32 Å². The Bertz CT molecular complexity index is 437. The van der Waals surface area contributed by atoms with Gasteiger partial charge in [-0.3, -0.25) is 4.79 Å². The zero-order chi connectivity index (χ0) is 15.3. The lowest BCUT2D eigenvalue weighted by Crippen LogP contribution is -2.39. The van der Waals surface area contributed by atoms with Crippen LogP contribution in [0.15, 0.2) is 24.3 Å². The van der Waals surface area contributed by atoms with Crippen molar-refractivity contribution in [3.63, 3.8) is 0 Å². The summed E-state index contributed by atoms with van der Waals surface area (Å²) >= 11 is 0. The van der Waals surface area contributed by atoms with Crippen LogP contribution in [-0.2, 0) is 4.79 Å². The number of hydrogen-bond acceptors (Lipinski definition) is 2. The van der Waals surface area contributed by atoms with Crippen molar-refractivity contribution in [1.82, 2.24) is 5.32 Å². The minimum atomic E-state index is -0.576. The minimum Gasteiger partial charge on any atom is -0.391 e. The van der Waals surface area contributed by atoms with Crippen LogP contribution in [0.5, 0.6) is 0 Å². The Morgan fingerprint density at radius 2 is 1.85 bits per heavy atom. The van der Waals surface area contributed by atoms with Crippen LogP contribution in [0.2, 0.25) is 0 Å². The molecule has 4 heteroatoms. The molecule has 2 N–H and O–H groups in total. The van der Waals surface area contributed by atoms with Gasteiger partial charge in [0.25, 0.3) is 0 Å². The Morgan fingerprint density at radius 1 is 1.30 bits per heavy atom. The van der Waals surface area contributed by atoms with Crippen molar-refractivity contribution in [1.29, 1.82) is 0 Å². The molecule has 112 valence electrons. The molecule has 2 unspecified atom stereocenters. The molecule has 1 aromatic rings. The van der Waals surface area contributed by atoms with E-state index in [0.29, 0.717) is 6.42 Å². The fraction of sp³-hybridized carbons (Fsp3) is 0.562. The van der Waals surface area contributed by atoms with E-state index in [9.17, 15) is 14.3 Å². The summed E-state index contributed by atoms with van der Waals surface area (Å²) in [6, 6.07) is 6.18. The molecule has 0 spiro atoms. The highest BCUT2D eigenvalue weighted by Crippen LogP contribution is 2.20. The average molecular weight is 281 g/mol. The zero-order valence-electron chi connectivity index (χ0n) is 12.6. The van der Waals surface area contributed by atoms with Crippen LogP contribution >= 0.6 is 0 Å². The lowest BCUT2D eigenvalue weighted by atomic mass is 9.89. The second-order valence-electron chi connectivity index (χ2n) is 6.34. The Hall–Kier alpha value is -1.42. The molecule has 20 heavy (non-hydrogen) atoms. The summed E-state index contributed by atoms with van der Waals surface area (Å²) in [4.78, 5) is 11.8. The van der Waals surface area contributed by atoms with Gasteiger partial charge in [0.15, 0.2) is 0 Å². The van der Waals surface area contributed by atoms with Crippen molar-refractivity contribution in [2.24, 2.45) is 5.41 Å². The smallest absolute Gasteiger partial charge is 0.220 e. The highest BCUT2D eigenvalue weighted by Gasteiger charge is 2.22. The molecule has 3 nitrogen and oxygen atoms in total. The predicted molar refractivity (Wildman–Crippen MR) is 77.9 cm³/mol. The second-order valence-corrected chi connectivity index (χ2v) is 6.34. The van der Waals surface area contributed by atoms with Gasteiger partial charge >= 0.3 is 0 Å². The van der Waals surface area contributed by atoms with E-state index in [4.69, 9.17) is 0 Å². The lowest BCUT2D eigenvalue weighted by molar-refractivity contribution is -0.122. The molecular formula is C16H24FNO2.